The van der Waals surface area contributed by atoms with E-state index >= 15 is 0 Å². The second kappa shape index (κ2) is 10.6. The molecule has 1 aliphatic rings. The number of nitrogens with one attached hydrogen (secondary N) is 1. The van der Waals surface area contributed by atoms with E-state index in [9.17, 15) is 13.2 Å². The SMILES string of the molecule is Cc1cc(-c2ccc(S(=O)(=O)NC3CCCCc4c(OCC(=O)O)cccc43)nc2)cc(C(C)(C)C)c1. The molecule has 7 nitrogen and oxygen atoms in total. The molecule has 1 heterocycles. The van der Waals surface area contributed by atoms with E-state index in [0.717, 1.165) is 40.7 Å². The van der Waals surface area contributed by atoms with E-state index in [4.69, 9.17) is 9.84 Å². The Balaban J connectivity index is 1.59. The molecule has 1 atom stereocenters. The molecule has 8 heteroatoms. The molecule has 0 saturated heterocycles. The number of aliphatic carboxylic acids is 1. The average Bonchev–Trinajstić information content (AvgIpc) is 3.04. The summed E-state index contributed by atoms with van der Waals surface area (Å²) in [6.07, 6.45) is 4.62. The van der Waals surface area contributed by atoms with Crippen LogP contribution in [0, 0.1) is 6.92 Å². The minimum atomic E-state index is -3.89. The molecule has 2 aromatic carbocycles. The number of fused-ring (bicyclic) bond motifs is 1. The van der Waals surface area contributed by atoms with Gasteiger partial charge < -0.3 is 9.84 Å². The van der Waals surface area contributed by atoms with Crippen LogP contribution in [0.1, 0.15) is 68.3 Å². The van der Waals surface area contributed by atoms with E-state index in [1.165, 1.54) is 5.56 Å². The summed E-state index contributed by atoms with van der Waals surface area (Å²) in [6, 6.07) is 14.6. The Hall–Kier alpha value is -3.23. The molecule has 37 heavy (non-hydrogen) atoms. The van der Waals surface area contributed by atoms with Crippen LogP contribution >= 0.6 is 0 Å². The molecule has 4 rings (SSSR count). The maximum Gasteiger partial charge on any atom is 0.341 e. The first-order valence-electron chi connectivity index (χ1n) is 12.5. The standard InChI is InChI=1S/C29H34N2O5S/c1-19-14-21(16-22(15-19)29(2,3)4)20-12-13-27(30-17-20)37(34,35)31-25-10-6-5-8-24-23(25)9-7-11-26(24)36-18-28(32)33/h7,9,11-17,25,31H,5-6,8,10,18H2,1-4H3,(H,32,33). The average molecular weight is 523 g/mol. The van der Waals surface area contributed by atoms with Crippen molar-refractivity contribution in [2.45, 2.75) is 69.9 Å². The Kier molecular flexibility index (Phi) is 7.71. The quantitative estimate of drug-likeness (QED) is 0.393. The second-order valence-corrected chi connectivity index (χ2v) is 12.3. The van der Waals surface area contributed by atoms with Crippen molar-refractivity contribution in [3.05, 3.63) is 77.0 Å². The molecule has 0 saturated carbocycles. The number of aromatic nitrogens is 1. The zero-order chi connectivity index (χ0) is 26.8. The monoisotopic (exact) mass is 522 g/mol. The highest BCUT2D eigenvalue weighted by atomic mass is 32.2. The number of benzene rings is 2. The fourth-order valence-electron chi connectivity index (χ4n) is 4.72. The van der Waals surface area contributed by atoms with Crippen molar-refractivity contribution in [3.63, 3.8) is 0 Å². The number of aryl methyl sites for hydroxylation is 1. The number of pyridine rings is 1. The van der Waals surface area contributed by atoms with E-state index < -0.39 is 28.6 Å². The molecule has 0 radical (unpaired) electrons. The molecule has 0 bridgehead atoms. The first-order valence-corrected chi connectivity index (χ1v) is 14.0. The van der Waals surface area contributed by atoms with Crippen molar-refractivity contribution in [3.8, 4) is 16.9 Å². The van der Waals surface area contributed by atoms with E-state index in [1.54, 1.807) is 30.5 Å². The van der Waals surface area contributed by atoms with Crippen molar-refractivity contribution in [2.75, 3.05) is 6.61 Å². The number of sulfonamides is 1. The van der Waals surface area contributed by atoms with Gasteiger partial charge in [-0.2, -0.15) is 0 Å². The summed E-state index contributed by atoms with van der Waals surface area (Å²) >= 11 is 0. The highest BCUT2D eigenvalue weighted by Crippen LogP contribution is 2.35. The highest BCUT2D eigenvalue weighted by molar-refractivity contribution is 7.89. The summed E-state index contributed by atoms with van der Waals surface area (Å²) in [6.45, 7) is 8.10. The fraction of sp³-hybridized carbons (Fsp3) is 0.379. The molecular formula is C29H34N2O5S. The number of carbonyl (C=O) groups is 1. The van der Waals surface area contributed by atoms with Crippen LogP contribution in [-0.2, 0) is 26.7 Å². The van der Waals surface area contributed by atoms with Crippen molar-refractivity contribution in [1.82, 2.24) is 9.71 Å². The van der Waals surface area contributed by atoms with Gasteiger partial charge in [-0.15, -0.1) is 0 Å². The van der Waals surface area contributed by atoms with Gasteiger partial charge in [0.25, 0.3) is 10.0 Å². The third-order valence-corrected chi connectivity index (χ3v) is 8.04. The van der Waals surface area contributed by atoms with Gasteiger partial charge in [-0.05, 0) is 72.1 Å². The number of rotatable bonds is 7. The lowest BCUT2D eigenvalue weighted by molar-refractivity contribution is -0.139. The van der Waals surface area contributed by atoms with Crippen LogP contribution in [0.15, 0.2) is 59.8 Å². The lowest BCUT2D eigenvalue weighted by Crippen LogP contribution is -2.29. The minimum Gasteiger partial charge on any atom is -0.482 e. The van der Waals surface area contributed by atoms with Gasteiger partial charge >= 0.3 is 5.97 Å². The fourth-order valence-corrected chi connectivity index (χ4v) is 5.90. The lowest BCUT2D eigenvalue weighted by atomic mass is 9.84. The Morgan fingerprint density at radius 1 is 1.11 bits per heavy atom. The van der Waals surface area contributed by atoms with E-state index in [2.05, 4.69) is 55.6 Å². The molecule has 0 fully saturated rings. The maximum atomic E-state index is 13.3. The van der Waals surface area contributed by atoms with Crippen molar-refractivity contribution >= 4 is 16.0 Å². The first-order chi connectivity index (χ1) is 17.4. The summed E-state index contributed by atoms with van der Waals surface area (Å²) in [5.74, 6) is -0.570. The molecule has 196 valence electrons. The van der Waals surface area contributed by atoms with Gasteiger partial charge in [0.2, 0.25) is 0 Å². The number of carboxylic acid groups (broad SMARTS) is 1. The van der Waals surface area contributed by atoms with Gasteiger partial charge in [0.15, 0.2) is 11.6 Å². The van der Waals surface area contributed by atoms with E-state index in [-0.39, 0.29) is 10.4 Å². The van der Waals surface area contributed by atoms with E-state index in [1.807, 2.05) is 6.07 Å². The van der Waals surface area contributed by atoms with Crippen molar-refractivity contribution < 1.29 is 23.1 Å². The summed E-state index contributed by atoms with van der Waals surface area (Å²) < 4.78 is 35.0. The smallest absolute Gasteiger partial charge is 0.341 e. The second-order valence-electron chi connectivity index (χ2n) is 10.6. The van der Waals surface area contributed by atoms with Crippen LogP contribution in [0.5, 0.6) is 5.75 Å². The Morgan fingerprint density at radius 2 is 1.89 bits per heavy atom. The normalized spacial score (nSPS) is 16.1. The summed E-state index contributed by atoms with van der Waals surface area (Å²) in [7, 11) is -3.89. The zero-order valence-corrected chi connectivity index (χ0v) is 22.6. The van der Waals surface area contributed by atoms with Gasteiger partial charge in [-0.25, -0.2) is 22.9 Å². The van der Waals surface area contributed by atoms with Gasteiger partial charge in [-0.1, -0.05) is 63.1 Å². The van der Waals surface area contributed by atoms with Gasteiger partial charge in [0.05, 0.1) is 0 Å². The van der Waals surface area contributed by atoms with Crippen LogP contribution in [0.25, 0.3) is 11.1 Å². The molecule has 1 unspecified atom stereocenters. The third-order valence-electron chi connectivity index (χ3n) is 6.65. The van der Waals surface area contributed by atoms with Gasteiger partial charge in [0, 0.05) is 17.8 Å². The number of nitrogens with zero attached hydrogens (tertiary/aromatic N) is 1. The first kappa shape index (κ1) is 26.8. The molecule has 0 spiro atoms. The molecule has 0 aliphatic heterocycles. The maximum absolute atomic E-state index is 13.3. The number of ether oxygens (including phenoxy) is 1. The van der Waals surface area contributed by atoms with Crippen LogP contribution in [0.2, 0.25) is 0 Å². The van der Waals surface area contributed by atoms with E-state index in [0.29, 0.717) is 18.6 Å². The molecule has 1 aromatic heterocycles. The van der Waals surface area contributed by atoms with Crippen LogP contribution in [-0.4, -0.2) is 31.1 Å². The molecule has 1 aliphatic carbocycles. The number of hydrogen-bond donors (Lipinski definition) is 2. The number of carboxylic acids is 1. The third kappa shape index (κ3) is 6.37. The lowest BCUT2D eigenvalue weighted by Gasteiger charge is -2.21. The van der Waals surface area contributed by atoms with Crippen LogP contribution < -0.4 is 9.46 Å². The molecular weight excluding hydrogens is 488 g/mol. The Morgan fingerprint density at radius 3 is 2.57 bits per heavy atom. The largest absolute Gasteiger partial charge is 0.482 e. The Labute approximate surface area is 219 Å². The highest BCUT2D eigenvalue weighted by Gasteiger charge is 2.27. The predicted molar refractivity (Wildman–Crippen MR) is 143 cm³/mol. The topological polar surface area (TPSA) is 106 Å². The van der Waals surface area contributed by atoms with Crippen molar-refractivity contribution in [2.24, 2.45) is 0 Å². The predicted octanol–water partition coefficient (Wildman–Crippen LogP) is 5.56. The minimum absolute atomic E-state index is 0.00503. The van der Waals surface area contributed by atoms with Crippen LogP contribution in [0.4, 0.5) is 0 Å². The zero-order valence-electron chi connectivity index (χ0n) is 21.7. The van der Waals surface area contributed by atoms with Gasteiger partial charge in [0.1, 0.15) is 5.75 Å². The van der Waals surface area contributed by atoms with Crippen LogP contribution in [0.3, 0.4) is 0 Å². The molecule has 3 aromatic rings. The summed E-state index contributed by atoms with van der Waals surface area (Å²) in [5.41, 5.74) is 5.87. The van der Waals surface area contributed by atoms with Crippen molar-refractivity contribution in [1.29, 1.82) is 0 Å². The summed E-state index contributed by atoms with van der Waals surface area (Å²) in [4.78, 5) is 15.3. The number of hydrogen-bond acceptors (Lipinski definition) is 5. The van der Waals surface area contributed by atoms with Gasteiger partial charge in [-0.3, -0.25) is 0 Å². The Bertz CT molecular complexity index is 1390. The molecule has 2 N–H and O–H groups in total. The summed E-state index contributed by atoms with van der Waals surface area (Å²) in [5, 5.41) is 8.96. The molecule has 0 amide bonds.